The summed E-state index contributed by atoms with van der Waals surface area (Å²) in [7, 11) is 2.82. The molecular weight excluding hydrogens is 312 g/mol. The predicted octanol–water partition coefficient (Wildman–Crippen LogP) is 2.22. The first-order chi connectivity index (χ1) is 11.5. The van der Waals surface area contributed by atoms with E-state index in [2.05, 4.69) is 0 Å². The summed E-state index contributed by atoms with van der Waals surface area (Å²) in [6, 6.07) is 11.1. The maximum atomic E-state index is 11.3. The van der Waals surface area contributed by atoms with Crippen molar-refractivity contribution in [1.29, 1.82) is 0 Å². The molecule has 2 aromatic carbocycles. The number of methoxy groups -OCH3 is 2. The Morgan fingerprint density at radius 3 is 2.29 bits per heavy atom. The van der Waals surface area contributed by atoms with Crippen molar-refractivity contribution >= 4 is 5.69 Å². The van der Waals surface area contributed by atoms with Crippen molar-refractivity contribution in [1.82, 2.24) is 0 Å². The molecule has 0 bridgehead atoms. The summed E-state index contributed by atoms with van der Waals surface area (Å²) in [5, 5.41) is 21.7. The number of ether oxygens (including phenoxy) is 2. The van der Waals surface area contributed by atoms with E-state index in [0.29, 0.717) is 5.75 Å². The molecule has 0 saturated heterocycles. The highest BCUT2D eigenvalue weighted by Gasteiger charge is 2.28. The van der Waals surface area contributed by atoms with Gasteiger partial charge in [0.05, 0.1) is 42.9 Å². The molecule has 0 fully saturated rings. The molecule has 2 atom stereocenters. The Balaban J connectivity index is 2.36. The Morgan fingerprint density at radius 1 is 1.17 bits per heavy atom. The van der Waals surface area contributed by atoms with Crippen LogP contribution >= 0.6 is 0 Å². The summed E-state index contributed by atoms with van der Waals surface area (Å²) in [5.41, 5.74) is 6.96. The van der Waals surface area contributed by atoms with Gasteiger partial charge in [-0.3, -0.25) is 10.1 Å². The molecule has 0 aliphatic carbocycles. The van der Waals surface area contributed by atoms with Crippen LogP contribution in [0.15, 0.2) is 42.5 Å². The zero-order valence-corrected chi connectivity index (χ0v) is 13.5. The highest BCUT2D eigenvalue weighted by Crippen LogP contribution is 2.37. The molecule has 2 rings (SSSR count). The SMILES string of the molecule is COc1cc([C@H](N)[C@H](O)Cc2ccccc2)c([N+](=O)[O-])cc1OC. The van der Waals surface area contributed by atoms with Crippen LogP contribution < -0.4 is 15.2 Å². The maximum absolute atomic E-state index is 11.3. The first-order valence-corrected chi connectivity index (χ1v) is 7.35. The van der Waals surface area contributed by atoms with Gasteiger partial charge in [-0.15, -0.1) is 0 Å². The lowest BCUT2D eigenvalue weighted by Gasteiger charge is -2.20. The van der Waals surface area contributed by atoms with Gasteiger partial charge in [-0.2, -0.15) is 0 Å². The molecular formula is C17H20N2O5. The number of hydrogen-bond acceptors (Lipinski definition) is 6. The van der Waals surface area contributed by atoms with Gasteiger partial charge in [0.1, 0.15) is 0 Å². The fraction of sp³-hybridized carbons (Fsp3) is 0.294. The van der Waals surface area contributed by atoms with Crippen LogP contribution in [0.25, 0.3) is 0 Å². The van der Waals surface area contributed by atoms with Crippen LogP contribution in [0.5, 0.6) is 11.5 Å². The Kier molecular flexibility index (Phi) is 5.73. The third kappa shape index (κ3) is 3.81. The molecule has 7 nitrogen and oxygen atoms in total. The van der Waals surface area contributed by atoms with Crippen molar-refractivity contribution in [2.45, 2.75) is 18.6 Å². The van der Waals surface area contributed by atoms with Crippen LogP contribution in [-0.2, 0) is 6.42 Å². The van der Waals surface area contributed by atoms with E-state index in [9.17, 15) is 15.2 Å². The molecule has 7 heteroatoms. The molecule has 0 amide bonds. The molecule has 3 N–H and O–H groups in total. The standard InChI is InChI=1S/C17H20N2O5/c1-23-15-9-12(13(19(21)22)10-16(15)24-2)17(18)14(20)8-11-6-4-3-5-7-11/h3-7,9-10,14,17,20H,8,18H2,1-2H3/t14-,17+/m1/s1. The predicted molar refractivity (Wildman–Crippen MR) is 89.3 cm³/mol. The number of nitro benzene ring substituents is 1. The number of benzene rings is 2. The zero-order valence-electron chi connectivity index (χ0n) is 13.5. The first kappa shape index (κ1) is 17.7. The summed E-state index contributed by atoms with van der Waals surface area (Å²) in [5.74, 6) is 0.554. The number of aliphatic hydroxyl groups excluding tert-OH is 1. The summed E-state index contributed by atoms with van der Waals surface area (Å²) in [4.78, 5) is 10.8. The van der Waals surface area contributed by atoms with E-state index in [4.69, 9.17) is 15.2 Å². The Labute approximate surface area is 139 Å². The molecule has 0 unspecified atom stereocenters. The van der Waals surface area contributed by atoms with Crippen LogP contribution in [-0.4, -0.2) is 30.4 Å². The van der Waals surface area contributed by atoms with Crippen molar-refractivity contribution in [2.24, 2.45) is 5.73 Å². The highest BCUT2D eigenvalue weighted by molar-refractivity contribution is 5.55. The second-order valence-electron chi connectivity index (χ2n) is 5.31. The molecule has 128 valence electrons. The van der Waals surface area contributed by atoms with Gasteiger partial charge in [-0.05, 0) is 11.6 Å². The zero-order chi connectivity index (χ0) is 17.7. The van der Waals surface area contributed by atoms with Crippen molar-refractivity contribution in [3.05, 3.63) is 63.7 Å². The number of nitro groups is 1. The van der Waals surface area contributed by atoms with Crippen LogP contribution in [0.3, 0.4) is 0 Å². The Morgan fingerprint density at radius 2 is 1.75 bits per heavy atom. The molecule has 2 aromatic rings. The number of rotatable bonds is 7. The fourth-order valence-electron chi connectivity index (χ4n) is 2.50. The smallest absolute Gasteiger partial charge is 0.278 e. The quantitative estimate of drug-likeness (QED) is 0.594. The van der Waals surface area contributed by atoms with Crippen LogP contribution in [0.4, 0.5) is 5.69 Å². The van der Waals surface area contributed by atoms with E-state index >= 15 is 0 Å². The molecule has 0 aliphatic heterocycles. The van der Waals surface area contributed by atoms with Crippen molar-refractivity contribution < 1.29 is 19.5 Å². The van der Waals surface area contributed by atoms with E-state index in [0.717, 1.165) is 5.56 Å². The lowest BCUT2D eigenvalue weighted by molar-refractivity contribution is -0.385. The number of aliphatic hydroxyl groups is 1. The fourth-order valence-corrected chi connectivity index (χ4v) is 2.50. The van der Waals surface area contributed by atoms with Gasteiger partial charge in [0, 0.05) is 6.42 Å². The normalized spacial score (nSPS) is 13.2. The third-order valence-corrected chi connectivity index (χ3v) is 3.79. The largest absolute Gasteiger partial charge is 0.493 e. The van der Waals surface area contributed by atoms with Gasteiger partial charge in [0.15, 0.2) is 11.5 Å². The summed E-state index contributed by atoms with van der Waals surface area (Å²) in [6.07, 6.45) is -0.697. The van der Waals surface area contributed by atoms with E-state index in [1.54, 1.807) is 0 Å². The number of hydrogen-bond donors (Lipinski definition) is 2. The van der Waals surface area contributed by atoms with Gasteiger partial charge in [0.25, 0.3) is 5.69 Å². The molecule has 0 spiro atoms. The van der Waals surface area contributed by atoms with Crippen LogP contribution in [0.1, 0.15) is 17.2 Å². The minimum absolute atomic E-state index is 0.195. The summed E-state index contributed by atoms with van der Waals surface area (Å²) >= 11 is 0. The average Bonchev–Trinajstić information content (AvgIpc) is 2.60. The van der Waals surface area contributed by atoms with Gasteiger partial charge in [0.2, 0.25) is 0 Å². The molecule has 0 heterocycles. The molecule has 0 radical (unpaired) electrons. The van der Waals surface area contributed by atoms with Gasteiger partial charge >= 0.3 is 0 Å². The van der Waals surface area contributed by atoms with E-state index in [1.165, 1.54) is 26.4 Å². The topological polar surface area (TPSA) is 108 Å². The number of nitrogens with two attached hydrogens (primary N) is 1. The van der Waals surface area contributed by atoms with Crippen LogP contribution in [0.2, 0.25) is 0 Å². The van der Waals surface area contributed by atoms with Crippen molar-refractivity contribution in [3.8, 4) is 11.5 Å². The second kappa shape index (κ2) is 7.76. The van der Waals surface area contributed by atoms with Crippen molar-refractivity contribution in [2.75, 3.05) is 14.2 Å². The summed E-state index contributed by atoms with van der Waals surface area (Å²) in [6.45, 7) is 0. The van der Waals surface area contributed by atoms with Crippen molar-refractivity contribution in [3.63, 3.8) is 0 Å². The second-order valence-corrected chi connectivity index (χ2v) is 5.31. The monoisotopic (exact) mass is 332 g/mol. The lowest BCUT2D eigenvalue weighted by atomic mass is 9.95. The minimum Gasteiger partial charge on any atom is -0.493 e. The maximum Gasteiger partial charge on any atom is 0.278 e. The molecule has 0 aromatic heterocycles. The Hall–Kier alpha value is -2.64. The van der Waals surface area contributed by atoms with E-state index < -0.39 is 17.1 Å². The average molecular weight is 332 g/mol. The minimum atomic E-state index is -0.982. The Bertz CT molecular complexity index is 706. The molecule has 0 aliphatic rings. The summed E-state index contributed by atoms with van der Waals surface area (Å²) < 4.78 is 10.3. The molecule has 0 saturated carbocycles. The van der Waals surface area contributed by atoms with E-state index in [1.807, 2.05) is 30.3 Å². The van der Waals surface area contributed by atoms with E-state index in [-0.39, 0.29) is 23.4 Å². The third-order valence-electron chi connectivity index (χ3n) is 3.79. The highest BCUT2D eigenvalue weighted by atomic mass is 16.6. The number of nitrogens with zero attached hydrogens (tertiary/aromatic N) is 1. The van der Waals surface area contributed by atoms with Crippen LogP contribution in [0, 0.1) is 10.1 Å². The molecule has 24 heavy (non-hydrogen) atoms. The lowest BCUT2D eigenvalue weighted by Crippen LogP contribution is -2.28. The van der Waals surface area contributed by atoms with Gasteiger partial charge < -0.3 is 20.3 Å². The van der Waals surface area contributed by atoms with Gasteiger partial charge in [-0.1, -0.05) is 30.3 Å². The van der Waals surface area contributed by atoms with Gasteiger partial charge in [-0.25, -0.2) is 0 Å². The first-order valence-electron chi connectivity index (χ1n) is 7.35.